The van der Waals surface area contributed by atoms with Gasteiger partial charge in [0.25, 0.3) is 0 Å². The van der Waals surface area contributed by atoms with Crippen LogP contribution in [0.3, 0.4) is 0 Å². The van der Waals surface area contributed by atoms with E-state index in [0.29, 0.717) is 30.1 Å². The molecular formula is C33H39N5O4. The van der Waals surface area contributed by atoms with E-state index < -0.39 is 12.0 Å². The number of nitrogens with zero attached hydrogens (tertiary/aromatic N) is 3. The lowest BCUT2D eigenvalue weighted by Crippen LogP contribution is -2.35. The van der Waals surface area contributed by atoms with Crippen LogP contribution >= 0.6 is 0 Å². The number of amides is 2. The fourth-order valence-electron chi connectivity index (χ4n) is 4.48. The number of carboxylic acid groups (broad SMARTS) is 1. The number of carbonyl (C=O) groups is 2. The van der Waals surface area contributed by atoms with Gasteiger partial charge in [-0.25, -0.2) is 9.59 Å². The first kappa shape index (κ1) is 31.6. The third-order valence-electron chi connectivity index (χ3n) is 6.39. The molecule has 4 N–H and O–H groups in total. The van der Waals surface area contributed by atoms with E-state index in [-0.39, 0.29) is 11.3 Å². The van der Waals surface area contributed by atoms with Crippen LogP contribution in [0.5, 0.6) is 5.75 Å². The predicted molar refractivity (Wildman–Crippen MR) is 168 cm³/mol. The summed E-state index contributed by atoms with van der Waals surface area (Å²) in [7, 11) is 0. The number of carboxylic acids is 1. The molecule has 2 heterocycles. The number of hydrogen-bond donors (Lipinski definition) is 4. The minimum absolute atomic E-state index is 0.0892. The fourth-order valence-corrected chi connectivity index (χ4v) is 4.48. The van der Waals surface area contributed by atoms with Gasteiger partial charge in [0.05, 0.1) is 34.6 Å². The van der Waals surface area contributed by atoms with E-state index in [9.17, 15) is 19.8 Å². The minimum atomic E-state index is -0.970. The van der Waals surface area contributed by atoms with Crippen molar-refractivity contribution in [3.8, 4) is 16.9 Å². The number of aromatic carboxylic acids is 1. The quantitative estimate of drug-likeness (QED) is 0.216. The van der Waals surface area contributed by atoms with Crippen LogP contribution < -0.4 is 10.6 Å². The Labute approximate surface area is 247 Å². The average Bonchev–Trinajstić information content (AvgIpc) is 3.01. The number of carbonyl (C=O) groups excluding carboxylic acids is 1. The zero-order valence-corrected chi connectivity index (χ0v) is 24.8. The molecule has 0 spiro atoms. The monoisotopic (exact) mass is 569 g/mol. The number of anilines is 1. The number of pyridine rings is 1. The van der Waals surface area contributed by atoms with Gasteiger partial charge in [0.2, 0.25) is 0 Å². The normalized spacial score (nSPS) is 13.5. The summed E-state index contributed by atoms with van der Waals surface area (Å²) in [5.41, 5.74) is 5.96. The second-order valence-corrected chi connectivity index (χ2v) is 9.24. The van der Waals surface area contributed by atoms with Crippen LogP contribution in [-0.2, 0) is 6.42 Å². The topological polar surface area (TPSA) is 127 Å². The maximum absolute atomic E-state index is 13.2. The molecule has 0 atom stereocenters. The van der Waals surface area contributed by atoms with Crippen molar-refractivity contribution in [1.29, 1.82) is 0 Å². The molecule has 42 heavy (non-hydrogen) atoms. The SMILES string of the molecule is CC.CCC=C1C(NC(=O)Nc2c(O)cncc2CCC)=CC(c2cccc(-c3ccc(C(=O)O)cc3)c2)=NN1CC. The molecule has 2 aromatic carbocycles. The summed E-state index contributed by atoms with van der Waals surface area (Å²) >= 11 is 0. The van der Waals surface area contributed by atoms with Crippen LogP contribution in [0.15, 0.2) is 89.6 Å². The van der Waals surface area contributed by atoms with E-state index in [1.165, 1.54) is 6.20 Å². The molecule has 0 saturated carbocycles. The molecule has 220 valence electrons. The zero-order valence-electron chi connectivity index (χ0n) is 24.8. The van der Waals surface area contributed by atoms with Crippen LogP contribution in [0, 0.1) is 0 Å². The number of likely N-dealkylation sites (N-methyl/N-ethyl adjacent to an activating group) is 1. The lowest BCUT2D eigenvalue weighted by molar-refractivity contribution is 0.0697. The highest BCUT2D eigenvalue weighted by molar-refractivity contribution is 6.11. The molecule has 4 rings (SSSR count). The number of hydrazone groups is 1. The summed E-state index contributed by atoms with van der Waals surface area (Å²) in [5, 5.41) is 32.0. The molecule has 9 nitrogen and oxygen atoms in total. The average molecular weight is 570 g/mol. The highest BCUT2D eigenvalue weighted by Gasteiger charge is 2.22. The Morgan fingerprint density at radius 2 is 1.67 bits per heavy atom. The summed E-state index contributed by atoms with van der Waals surface area (Å²) in [5.74, 6) is -1.06. The Bertz CT molecular complexity index is 1490. The van der Waals surface area contributed by atoms with Crippen LogP contribution in [0.4, 0.5) is 10.5 Å². The van der Waals surface area contributed by atoms with E-state index >= 15 is 0 Å². The second-order valence-electron chi connectivity index (χ2n) is 9.24. The van der Waals surface area contributed by atoms with Crippen molar-refractivity contribution in [2.24, 2.45) is 5.10 Å². The molecule has 0 fully saturated rings. The maximum atomic E-state index is 13.2. The number of aromatic hydroxyl groups is 1. The van der Waals surface area contributed by atoms with Gasteiger partial charge in [0.15, 0.2) is 5.75 Å². The van der Waals surface area contributed by atoms with Crippen molar-refractivity contribution in [3.63, 3.8) is 0 Å². The summed E-state index contributed by atoms with van der Waals surface area (Å²) in [6.07, 6.45) is 9.03. The van der Waals surface area contributed by atoms with Crippen LogP contribution in [0.25, 0.3) is 11.1 Å². The van der Waals surface area contributed by atoms with Crippen molar-refractivity contribution >= 4 is 23.4 Å². The number of aromatic nitrogens is 1. The van der Waals surface area contributed by atoms with Crippen LogP contribution in [0.2, 0.25) is 0 Å². The Morgan fingerprint density at radius 3 is 2.31 bits per heavy atom. The van der Waals surface area contributed by atoms with E-state index in [1.54, 1.807) is 30.5 Å². The standard InChI is InChI=1S/C31H33N5O4.C2H6/c1-4-8-24-18-32-19-28(37)29(24)34-31(40)33-26-17-25(35-36(6-3)27(26)9-5-2)23-11-7-10-22(16-23)20-12-14-21(15-13-20)30(38)39;1-2/h7,9-19,37H,4-6,8H2,1-3H3,(H,38,39)(H2,32,33,34,40);1-2H3. The third kappa shape index (κ3) is 7.63. The van der Waals surface area contributed by atoms with E-state index in [1.807, 2.05) is 76.0 Å². The first-order valence-corrected chi connectivity index (χ1v) is 14.3. The van der Waals surface area contributed by atoms with Crippen LogP contribution in [-0.4, -0.2) is 44.5 Å². The van der Waals surface area contributed by atoms with Crippen molar-refractivity contribution in [3.05, 3.63) is 101 Å². The summed E-state index contributed by atoms with van der Waals surface area (Å²) in [4.78, 5) is 28.4. The van der Waals surface area contributed by atoms with Gasteiger partial charge in [0, 0.05) is 18.3 Å². The van der Waals surface area contributed by atoms with E-state index in [4.69, 9.17) is 5.10 Å². The predicted octanol–water partition coefficient (Wildman–Crippen LogP) is 7.17. The first-order chi connectivity index (χ1) is 20.3. The molecule has 0 saturated heterocycles. The second kappa shape index (κ2) is 15.2. The Kier molecular flexibility index (Phi) is 11.4. The molecular weight excluding hydrogens is 530 g/mol. The highest BCUT2D eigenvalue weighted by Crippen LogP contribution is 2.28. The number of nitrogens with one attached hydrogen (secondary N) is 2. The van der Waals surface area contributed by atoms with Gasteiger partial charge in [-0.05, 0) is 60.7 Å². The van der Waals surface area contributed by atoms with Gasteiger partial charge in [-0.3, -0.25) is 9.99 Å². The van der Waals surface area contributed by atoms with Crippen molar-refractivity contribution in [2.45, 2.75) is 53.9 Å². The summed E-state index contributed by atoms with van der Waals surface area (Å²) < 4.78 is 0. The summed E-state index contributed by atoms with van der Waals surface area (Å²) in [6, 6.07) is 14.0. The molecule has 1 aliphatic heterocycles. The number of urea groups is 1. The Morgan fingerprint density at radius 1 is 0.952 bits per heavy atom. The Balaban J connectivity index is 0.00000237. The zero-order chi connectivity index (χ0) is 30.6. The molecule has 0 unspecified atom stereocenters. The number of rotatable bonds is 9. The summed E-state index contributed by atoms with van der Waals surface area (Å²) in [6.45, 7) is 10.6. The molecule has 0 bridgehead atoms. The van der Waals surface area contributed by atoms with Gasteiger partial charge in [-0.2, -0.15) is 5.10 Å². The third-order valence-corrected chi connectivity index (χ3v) is 6.39. The van der Waals surface area contributed by atoms with Gasteiger partial charge >= 0.3 is 12.0 Å². The van der Waals surface area contributed by atoms with Crippen molar-refractivity contribution in [1.82, 2.24) is 15.3 Å². The molecule has 0 radical (unpaired) electrons. The van der Waals surface area contributed by atoms with Gasteiger partial charge in [-0.1, -0.05) is 70.5 Å². The lowest BCUT2D eigenvalue weighted by atomic mass is 9.99. The highest BCUT2D eigenvalue weighted by atomic mass is 16.4. The van der Waals surface area contributed by atoms with Crippen molar-refractivity contribution < 1.29 is 19.8 Å². The Hall–Kier alpha value is -4.92. The van der Waals surface area contributed by atoms with E-state index in [0.717, 1.165) is 40.8 Å². The molecule has 2 amide bonds. The van der Waals surface area contributed by atoms with Crippen molar-refractivity contribution in [2.75, 3.05) is 11.9 Å². The fraction of sp³-hybridized carbons (Fsp3) is 0.273. The minimum Gasteiger partial charge on any atom is -0.504 e. The van der Waals surface area contributed by atoms with Gasteiger partial charge in [-0.15, -0.1) is 0 Å². The van der Waals surface area contributed by atoms with Gasteiger partial charge < -0.3 is 20.8 Å². The molecule has 0 aliphatic carbocycles. The molecule has 9 heteroatoms. The lowest BCUT2D eigenvalue weighted by Gasteiger charge is -2.28. The number of benzene rings is 2. The first-order valence-electron chi connectivity index (χ1n) is 14.3. The molecule has 3 aromatic rings. The molecule has 1 aromatic heterocycles. The van der Waals surface area contributed by atoms with Gasteiger partial charge in [0.1, 0.15) is 0 Å². The van der Waals surface area contributed by atoms with Crippen LogP contribution in [0.1, 0.15) is 68.9 Å². The smallest absolute Gasteiger partial charge is 0.335 e. The van der Waals surface area contributed by atoms with E-state index in [2.05, 4.69) is 15.6 Å². The number of hydrogen-bond acceptors (Lipinski definition) is 6. The number of allylic oxidation sites excluding steroid dienone is 2. The number of aryl methyl sites for hydroxylation is 1. The molecule has 1 aliphatic rings. The maximum Gasteiger partial charge on any atom is 0.335 e. The largest absolute Gasteiger partial charge is 0.504 e.